The Bertz CT molecular complexity index is 682. The maximum Gasteiger partial charge on any atom is 0.306 e. The molecule has 1 atom stereocenters. The van der Waals surface area contributed by atoms with Gasteiger partial charge in [0.2, 0.25) is 15.8 Å². The van der Waals surface area contributed by atoms with Gasteiger partial charge in [0.15, 0.2) is 0 Å². The van der Waals surface area contributed by atoms with E-state index in [0.717, 1.165) is 0 Å². The van der Waals surface area contributed by atoms with Crippen LogP contribution in [-0.4, -0.2) is 19.4 Å². The molecule has 0 spiro atoms. The maximum atomic E-state index is 13.5. The number of nitro benzene ring substituents is 1. The molecule has 0 heterocycles. The van der Waals surface area contributed by atoms with Crippen molar-refractivity contribution in [3.05, 3.63) is 33.9 Å². The van der Waals surface area contributed by atoms with E-state index in [-0.39, 0.29) is 12.5 Å². The fraction of sp³-hybridized carbons (Fsp3) is 0.273. The van der Waals surface area contributed by atoms with Gasteiger partial charge in [0.25, 0.3) is 0 Å². The Hall–Kier alpha value is -2.05. The lowest BCUT2D eigenvalue weighted by molar-refractivity contribution is -0.387. The quantitative estimate of drug-likeness (QED) is 0.508. The Balaban J connectivity index is 3.36. The summed E-state index contributed by atoms with van der Waals surface area (Å²) in [6.45, 7) is 1.59. The van der Waals surface area contributed by atoms with E-state index >= 15 is 0 Å². The molecular weight excluding hydrogens is 294 g/mol. The van der Waals surface area contributed by atoms with E-state index in [2.05, 4.69) is 5.92 Å². The van der Waals surface area contributed by atoms with E-state index in [1.807, 2.05) is 4.72 Å². The molecule has 0 saturated carbocycles. The van der Waals surface area contributed by atoms with Crippen molar-refractivity contribution in [3.8, 4) is 12.3 Å². The van der Waals surface area contributed by atoms with E-state index in [0.29, 0.717) is 6.07 Å². The van der Waals surface area contributed by atoms with Crippen molar-refractivity contribution in [2.45, 2.75) is 24.3 Å². The average Bonchev–Trinajstić information content (AvgIpc) is 2.35. The molecule has 0 bridgehead atoms. The second-order valence-electron chi connectivity index (χ2n) is 3.74. The first-order valence-corrected chi connectivity index (χ1v) is 6.83. The lowest BCUT2D eigenvalue weighted by Crippen LogP contribution is -2.33. The van der Waals surface area contributed by atoms with Gasteiger partial charge < -0.3 is 0 Å². The molecule has 0 aromatic heterocycles. The molecule has 1 rings (SSSR count). The molecule has 0 amide bonds. The molecular formula is C11H10F2N2O4S. The number of hydrogen-bond donors (Lipinski definition) is 1. The number of rotatable bonds is 5. The van der Waals surface area contributed by atoms with Gasteiger partial charge in [-0.3, -0.25) is 10.1 Å². The van der Waals surface area contributed by atoms with Crippen LogP contribution in [0, 0.1) is 34.1 Å². The predicted molar refractivity (Wildman–Crippen MR) is 66.2 cm³/mol. The first-order valence-electron chi connectivity index (χ1n) is 5.34. The zero-order valence-corrected chi connectivity index (χ0v) is 11.1. The van der Waals surface area contributed by atoms with Gasteiger partial charge in [0.05, 0.1) is 11.0 Å². The molecule has 0 aliphatic rings. The van der Waals surface area contributed by atoms with Gasteiger partial charge in [-0.2, -0.15) is 9.11 Å². The van der Waals surface area contributed by atoms with Crippen LogP contribution in [0.2, 0.25) is 0 Å². The van der Waals surface area contributed by atoms with Crippen molar-refractivity contribution in [2.24, 2.45) is 0 Å². The normalized spacial score (nSPS) is 12.7. The predicted octanol–water partition coefficient (Wildman–Crippen LogP) is 1.56. The van der Waals surface area contributed by atoms with Gasteiger partial charge in [0, 0.05) is 12.1 Å². The summed E-state index contributed by atoms with van der Waals surface area (Å²) in [5.74, 6) is -0.775. The first-order chi connectivity index (χ1) is 9.22. The third kappa shape index (κ3) is 3.28. The third-order valence-corrected chi connectivity index (χ3v) is 3.88. The van der Waals surface area contributed by atoms with E-state index < -0.39 is 43.2 Å². The van der Waals surface area contributed by atoms with Crippen LogP contribution in [0.25, 0.3) is 0 Å². The molecule has 1 aromatic carbocycles. The monoisotopic (exact) mass is 304 g/mol. The van der Waals surface area contributed by atoms with Crippen molar-refractivity contribution in [1.82, 2.24) is 4.72 Å². The lowest BCUT2D eigenvalue weighted by atomic mass is 10.3. The Labute approximate surface area is 114 Å². The highest BCUT2D eigenvalue weighted by molar-refractivity contribution is 7.89. The van der Waals surface area contributed by atoms with Crippen molar-refractivity contribution >= 4 is 15.7 Å². The standard InChI is InChI=1S/C11H10F2N2O4S/c1-3-7(4-2)14-20(18,19)11-6-10(15(16)17)8(12)5-9(11)13/h1,5-7,14H,4H2,2H3. The SMILES string of the molecule is C#CC(CC)NS(=O)(=O)c1cc([N+](=O)[O-])c(F)cc1F. The average molecular weight is 304 g/mol. The topological polar surface area (TPSA) is 89.3 Å². The van der Waals surface area contributed by atoms with Crippen LogP contribution in [0.3, 0.4) is 0 Å². The number of nitro groups is 1. The van der Waals surface area contributed by atoms with Crippen LogP contribution >= 0.6 is 0 Å². The summed E-state index contributed by atoms with van der Waals surface area (Å²) in [4.78, 5) is 8.37. The first kappa shape index (κ1) is 16.0. The zero-order valence-electron chi connectivity index (χ0n) is 10.3. The highest BCUT2D eigenvalue weighted by Crippen LogP contribution is 2.24. The Morgan fingerprint density at radius 1 is 1.45 bits per heavy atom. The number of nitrogens with one attached hydrogen (secondary N) is 1. The number of nitrogens with zero attached hydrogens (tertiary/aromatic N) is 1. The Morgan fingerprint density at radius 3 is 2.50 bits per heavy atom. The number of hydrogen-bond acceptors (Lipinski definition) is 4. The van der Waals surface area contributed by atoms with Crippen LogP contribution in [0.1, 0.15) is 13.3 Å². The minimum atomic E-state index is -4.43. The fourth-order valence-electron chi connectivity index (χ4n) is 1.35. The zero-order chi connectivity index (χ0) is 15.5. The minimum Gasteiger partial charge on any atom is -0.258 e. The minimum absolute atomic E-state index is 0.142. The lowest BCUT2D eigenvalue weighted by Gasteiger charge is -2.12. The largest absolute Gasteiger partial charge is 0.306 e. The Morgan fingerprint density at radius 2 is 2.05 bits per heavy atom. The van der Waals surface area contributed by atoms with Crippen molar-refractivity contribution in [1.29, 1.82) is 0 Å². The molecule has 0 aliphatic heterocycles. The number of halogens is 2. The highest BCUT2D eigenvalue weighted by atomic mass is 32.2. The second kappa shape index (κ2) is 5.94. The molecule has 108 valence electrons. The molecule has 0 saturated heterocycles. The van der Waals surface area contributed by atoms with Gasteiger partial charge >= 0.3 is 5.69 Å². The summed E-state index contributed by atoms with van der Waals surface area (Å²) < 4.78 is 52.4. The molecule has 20 heavy (non-hydrogen) atoms. The second-order valence-corrected chi connectivity index (χ2v) is 5.42. The fourth-order valence-corrected chi connectivity index (χ4v) is 2.67. The summed E-state index contributed by atoms with van der Waals surface area (Å²) in [5, 5.41) is 10.5. The summed E-state index contributed by atoms with van der Waals surface area (Å²) in [6.07, 6.45) is 5.31. The van der Waals surface area contributed by atoms with E-state index in [1.165, 1.54) is 0 Å². The number of sulfonamides is 1. The molecule has 1 aromatic rings. The van der Waals surface area contributed by atoms with Crippen molar-refractivity contribution in [3.63, 3.8) is 0 Å². The van der Waals surface area contributed by atoms with E-state index in [9.17, 15) is 27.3 Å². The number of terminal acetylenes is 1. The van der Waals surface area contributed by atoms with Gasteiger partial charge in [-0.1, -0.05) is 12.8 Å². The summed E-state index contributed by atoms with van der Waals surface area (Å²) in [7, 11) is -4.43. The molecule has 6 nitrogen and oxygen atoms in total. The molecule has 1 N–H and O–H groups in total. The molecule has 1 unspecified atom stereocenters. The van der Waals surface area contributed by atoms with Gasteiger partial charge in [-0.15, -0.1) is 6.42 Å². The van der Waals surface area contributed by atoms with Crippen LogP contribution in [0.5, 0.6) is 0 Å². The maximum absolute atomic E-state index is 13.5. The van der Waals surface area contributed by atoms with E-state index in [1.54, 1.807) is 6.92 Å². The molecule has 0 aliphatic carbocycles. The van der Waals surface area contributed by atoms with Crippen molar-refractivity contribution in [2.75, 3.05) is 0 Å². The van der Waals surface area contributed by atoms with Crippen molar-refractivity contribution < 1.29 is 22.1 Å². The van der Waals surface area contributed by atoms with Crippen LogP contribution < -0.4 is 4.72 Å². The van der Waals surface area contributed by atoms with Gasteiger partial charge in [-0.05, 0) is 6.42 Å². The molecule has 0 radical (unpaired) electrons. The summed E-state index contributed by atoms with van der Waals surface area (Å²) in [5.41, 5.74) is -1.14. The van der Waals surface area contributed by atoms with Crippen LogP contribution in [-0.2, 0) is 10.0 Å². The van der Waals surface area contributed by atoms with Crippen LogP contribution in [0.15, 0.2) is 17.0 Å². The van der Waals surface area contributed by atoms with E-state index in [4.69, 9.17) is 6.42 Å². The highest BCUT2D eigenvalue weighted by Gasteiger charge is 2.27. The summed E-state index contributed by atoms with van der Waals surface area (Å²) >= 11 is 0. The molecule has 0 fully saturated rings. The van der Waals surface area contributed by atoms with Gasteiger partial charge in [-0.25, -0.2) is 12.8 Å². The third-order valence-electron chi connectivity index (χ3n) is 2.39. The van der Waals surface area contributed by atoms with Crippen LogP contribution in [0.4, 0.5) is 14.5 Å². The molecule has 9 heteroatoms. The smallest absolute Gasteiger partial charge is 0.258 e. The Kier molecular flexibility index (Phi) is 4.75. The number of benzene rings is 1. The summed E-state index contributed by atoms with van der Waals surface area (Å²) in [6, 6.07) is -0.441. The van der Waals surface area contributed by atoms with Gasteiger partial charge in [0.1, 0.15) is 10.7 Å².